The summed E-state index contributed by atoms with van der Waals surface area (Å²) in [5.74, 6) is 0. The molecule has 0 bridgehead atoms. The first-order valence-corrected chi connectivity index (χ1v) is 8.16. The third-order valence-electron chi connectivity index (χ3n) is 3.31. The van der Waals surface area contributed by atoms with Gasteiger partial charge in [-0.2, -0.15) is 5.10 Å². The predicted molar refractivity (Wildman–Crippen MR) is 97.5 cm³/mol. The number of ether oxygens (including phenoxy) is 1. The summed E-state index contributed by atoms with van der Waals surface area (Å²) in [7, 11) is 1.67. The van der Waals surface area contributed by atoms with E-state index in [1.807, 2.05) is 13.8 Å². The summed E-state index contributed by atoms with van der Waals surface area (Å²) in [5.41, 5.74) is 6.25. The second-order valence-corrected chi connectivity index (χ2v) is 5.85. The molecule has 0 radical (unpaired) electrons. The fourth-order valence-electron chi connectivity index (χ4n) is 2.04. The molecule has 0 spiro atoms. The first-order chi connectivity index (χ1) is 10.6. The minimum Gasteiger partial charge on any atom is -0.383 e. The van der Waals surface area contributed by atoms with E-state index in [4.69, 9.17) is 17.0 Å². The minimum absolute atomic E-state index is 0.151. The minimum atomic E-state index is 0.151. The van der Waals surface area contributed by atoms with Crippen molar-refractivity contribution >= 4 is 23.0 Å². The Bertz CT molecular complexity index is 485. The summed E-state index contributed by atoms with van der Waals surface area (Å²) in [6.07, 6.45) is 3.59. The molecule has 0 fully saturated rings. The Hall–Kier alpha value is -1.46. The molecule has 4 nitrogen and oxygen atoms in total. The number of nitrogens with zero attached hydrogens (tertiary/aromatic N) is 1. The van der Waals surface area contributed by atoms with Crippen LogP contribution in [0, 0.1) is 0 Å². The monoisotopic (exact) mass is 321 g/mol. The van der Waals surface area contributed by atoms with Crippen molar-refractivity contribution in [2.45, 2.75) is 46.1 Å². The van der Waals surface area contributed by atoms with Crippen molar-refractivity contribution in [3.63, 3.8) is 0 Å². The normalized spacial score (nSPS) is 12.8. The molecule has 2 N–H and O–H groups in total. The molecule has 0 saturated heterocycles. The number of unbranched alkanes of at least 4 members (excludes halogenated alkanes) is 1. The number of aryl methyl sites for hydroxylation is 1. The van der Waals surface area contributed by atoms with E-state index in [1.165, 1.54) is 18.4 Å². The Morgan fingerprint density at radius 1 is 1.32 bits per heavy atom. The average Bonchev–Trinajstić information content (AvgIpc) is 2.51. The van der Waals surface area contributed by atoms with Crippen molar-refractivity contribution in [3.8, 4) is 0 Å². The summed E-state index contributed by atoms with van der Waals surface area (Å²) < 4.78 is 5.05. The van der Waals surface area contributed by atoms with Crippen LogP contribution in [0.4, 0.5) is 0 Å². The van der Waals surface area contributed by atoms with Gasteiger partial charge in [-0.3, -0.25) is 5.43 Å². The SMILES string of the molecule is CCCCc1ccc(/C(C)=N\NC(=S)N[C@@H](C)COC)cc1. The number of nitrogens with one attached hydrogen (secondary N) is 2. The van der Waals surface area contributed by atoms with Gasteiger partial charge in [-0.1, -0.05) is 37.6 Å². The molecule has 0 aliphatic carbocycles. The van der Waals surface area contributed by atoms with Crippen LogP contribution in [0.5, 0.6) is 0 Å². The highest BCUT2D eigenvalue weighted by molar-refractivity contribution is 7.80. The highest BCUT2D eigenvalue weighted by Crippen LogP contribution is 2.08. The standard InChI is InChI=1S/C17H27N3OS/c1-5-6-7-15-8-10-16(11-9-15)14(3)19-20-17(22)18-13(2)12-21-4/h8-11,13H,5-7,12H2,1-4H3,(H2,18,20,22)/b19-14-/t13-/m0/s1. The van der Waals surface area contributed by atoms with Crippen LogP contribution in [0.1, 0.15) is 44.7 Å². The summed E-state index contributed by atoms with van der Waals surface area (Å²) >= 11 is 5.20. The summed E-state index contributed by atoms with van der Waals surface area (Å²) in [6, 6.07) is 8.70. The fraction of sp³-hybridized carbons (Fsp3) is 0.529. The van der Waals surface area contributed by atoms with E-state index >= 15 is 0 Å². The Morgan fingerprint density at radius 3 is 2.59 bits per heavy atom. The molecular formula is C17H27N3OS. The fourth-order valence-corrected chi connectivity index (χ4v) is 2.29. The lowest BCUT2D eigenvalue weighted by Crippen LogP contribution is -2.40. The molecule has 1 rings (SSSR count). The van der Waals surface area contributed by atoms with Crippen molar-refractivity contribution in [3.05, 3.63) is 35.4 Å². The van der Waals surface area contributed by atoms with E-state index in [0.717, 1.165) is 17.7 Å². The summed E-state index contributed by atoms with van der Waals surface area (Å²) in [6.45, 7) is 6.78. The molecule has 1 aromatic rings. The second kappa shape index (κ2) is 10.3. The topological polar surface area (TPSA) is 45.7 Å². The quantitative estimate of drug-likeness (QED) is 0.438. The van der Waals surface area contributed by atoms with Gasteiger partial charge in [-0.15, -0.1) is 0 Å². The molecule has 0 saturated carbocycles. The maximum Gasteiger partial charge on any atom is 0.187 e. The molecule has 0 aliphatic rings. The van der Waals surface area contributed by atoms with Crippen LogP contribution in [-0.4, -0.2) is 30.6 Å². The number of methoxy groups -OCH3 is 1. The molecule has 0 unspecified atom stereocenters. The van der Waals surface area contributed by atoms with Crippen molar-refractivity contribution < 1.29 is 4.74 Å². The van der Waals surface area contributed by atoms with Crippen LogP contribution >= 0.6 is 12.2 Å². The summed E-state index contributed by atoms with van der Waals surface area (Å²) in [5, 5.41) is 7.93. The van der Waals surface area contributed by atoms with Crippen LogP contribution in [0.2, 0.25) is 0 Å². The maximum atomic E-state index is 5.20. The van der Waals surface area contributed by atoms with E-state index in [9.17, 15) is 0 Å². The predicted octanol–water partition coefficient (Wildman–Crippen LogP) is 3.25. The lowest BCUT2D eigenvalue weighted by molar-refractivity contribution is 0.179. The average molecular weight is 321 g/mol. The van der Waals surface area contributed by atoms with Gasteiger partial charge in [0.2, 0.25) is 0 Å². The van der Waals surface area contributed by atoms with Gasteiger partial charge in [0, 0.05) is 13.2 Å². The molecule has 1 aromatic carbocycles. The number of thiocarbonyl (C=S) groups is 1. The number of hydrogen-bond donors (Lipinski definition) is 2. The largest absolute Gasteiger partial charge is 0.383 e. The first kappa shape index (κ1) is 18.6. The number of hydrazone groups is 1. The zero-order valence-electron chi connectivity index (χ0n) is 14.0. The van der Waals surface area contributed by atoms with Crippen molar-refractivity contribution in [2.24, 2.45) is 5.10 Å². The summed E-state index contributed by atoms with van der Waals surface area (Å²) in [4.78, 5) is 0. The molecule has 22 heavy (non-hydrogen) atoms. The highest BCUT2D eigenvalue weighted by atomic mass is 32.1. The van der Waals surface area contributed by atoms with Crippen LogP contribution in [0.3, 0.4) is 0 Å². The van der Waals surface area contributed by atoms with E-state index in [0.29, 0.717) is 11.7 Å². The number of benzene rings is 1. The smallest absolute Gasteiger partial charge is 0.187 e. The number of rotatable bonds is 8. The highest BCUT2D eigenvalue weighted by Gasteiger charge is 2.03. The second-order valence-electron chi connectivity index (χ2n) is 5.44. The van der Waals surface area contributed by atoms with Crippen LogP contribution in [-0.2, 0) is 11.2 Å². The van der Waals surface area contributed by atoms with Gasteiger partial charge in [-0.05, 0) is 50.0 Å². The van der Waals surface area contributed by atoms with Crippen LogP contribution in [0.25, 0.3) is 0 Å². The van der Waals surface area contributed by atoms with Crippen LogP contribution < -0.4 is 10.7 Å². The molecule has 122 valence electrons. The third-order valence-corrected chi connectivity index (χ3v) is 3.52. The lowest BCUT2D eigenvalue weighted by atomic mass is 10.0. The molecule has 0 heterocycles. The Labute approximate surface area is 139 Å². The van der Waals surface area contributed by atoms with E-state index in [1.54, 1.807) is 7.11 Å². The van der Waals surface area contributed by atoms with Gasteiger partial charge in [0.25, 0.3) is 0 Å². The van der Waals surface area contributed by atoms with Crippen molar-refractivity contribution in [2.75, 3.05) is 13.7 Å². The lowest BCUT2D eigenvalue weighted by Gasteiger charge is -2.14. The van der Waals surface area contributed by atoms with Gasteiger partial charge >= 0.3 is 0 Å². The molecule has 5 heteroatoms. The number of hydrogen-bond acceptors (Lipinski definition) is 3. The molecule has 0 aliphatic heterocycles. The molecular weight excluding hydrogens is 294 g/mol. The molecule has 0 amide bonds. The van der Waals surface area contributed by atoms with Gasteiger partial charge in [0.15, 0.2) is 5.11 Å². The van der Waals surface area contributed by atoms with Gasteiger partial charge in [-0.25, -0.2) is 0 Å². The Morgan fingerprint density at radius 2 is 2.00 bits per heavy atom. The zero-order chi connectivity index (χ0) is 16.4. The van der Waals surface area contributed by atoms with E-state index < -0.39 is 0 Å². The van der Waals surface area contributed by atoms with Crippen molar-refractivity contribution in [1.82, 2.24) is 10.7 Å². The third kappa shape index (κ3) is 7.00. The molecule has 0 aromatic heterocycles. The van der Waals surface area contributed by atoms with Crippen LogP contribution in [0.15, 0.2) is 29.4 Å². The van der Waals surface area contributed by atoms with E-state index in [-0.39, 0.29) is 6.04 Å². The van der Waals surface area contributed by atoms with Gasteiger partial charge in [0.1, 0.15) is 0 Å². The van der Waals surface area contributed by atoms with Gasteiger partial charge in [0.05, 0.1) is 12.3 Å². The maximum absolute atomic E-state index is 5.20. The Balaban J connectivity index is 2.52. The Kier molecular flexibility index (Phi) is 8.70. The zero-order valence-corrected chi connectivity index (χ0v) is 14.8. The van der Waals surface area contributed by atoms with E-state index in [2.05, 4.69) is 47.0 Å². The van der Waals surface area contributed by atoms with Crippen molar-refractivity contribution in [1.29, 1.82) is 0 Å². The molecule has 1 atom stereocenters. The first-order valence-electron chi connectivity index (χ1n) is 7.75. The van der Waals surface area contributed by atoms with Gasteiger partial charge < -0.3 is 10.1 Å².